The fraction of sp³-hybridized carbons (Fsp3) is 0.976. The van der Waals surface area contributed by atoms with Crippen molar-refractivity contribution in [3.8, 4) is 0 Å². The number of ether oxygens (including phenoxy) is 2. The van der Waals surface area contributed by atoms with Crippen molar-refractivity contribution in [2.45, 2.75) is 200 Å². The van der Waals surface area contributed by atoms with Gasteiger partial charge in [-0.1, -0.05) is 168 Å². The highest BCUT2D eigenvalue weighted by Gasteiger charge is 2.26. The normalized spacial score (nSPS) is 14.5. The summed E-state index contributed by atoms with van der Waals surface area (Å²) >= 11 is 0. The van der Waals surface area contributed by atoms with E-state index >= 15 is 0 Å². The molecule has 0 aromatic rings. The second-order valence-electron chi connectivity index (χ2n) is 15.9. The molecule has 3 unspecified atom stereocenters. The van der Waals surface area contributed by atoms with Crippen LogP contribution in [0.1, 0.15) is 194 Å². The summed E-state index contributed by atoms with van der Waals surface area (Å²) in [6.07, 6.45) is 32.3. The van der Waals surface area contributed by atoms with Crippen LogP contribution in [0.15, 0.2) is 0 Å². The Hall–Kier alpha value is -0.500. The zero-order chi connectivity index (χ0) is 37.2. The van der Waals surface area contributed by atoms with Crippen LogP contribution in [-0.2, 0) is 27.9 Å². The van der Waals surface area contributed by atoms with E-state index in [-0.39, 0.29) is 25.8 Å². The number of phosphoric acid groups is 1. The van der Waals surface area contributed by atoms with E-state index in [1.54, 1.807) is 0 Å². The maximum Gasteiger partial charge on any atom is 0.472 e. The van der Waals surface area contributed by atoms with Crippen molar-refractivity contribution < 1.29 is 37.3 Å². The van der Waals surface area contributed by atoms with Crippen LogP contribution in [0.4, 0.5) is 0 Å². The van der Waals surface area contributed by atoms with E-state index in [0.29, 0.717) is 30.0 Å². The molecule has 0 aliphatic heterocycles. The lowest BCUT2D eigenvalue weighted by atomic mass is 9.95. The number of carbonyl (C=O) groups is 1. The number of likely N-dealkylation sites (N-methyl/N-ethyl adjacent to an activating group) is 1. The van der Waals surface area contributed by atoms with Gasteiger partial charge in [-0.3, -0.25) is 13.8 Å². The molecule has 0 aliphatic rings. The summed E-state index contributed by atoms with van der Waals surface area (Å²) in [6, 6.07) is 0. The fourth-order valence-electron chi connectivity index (χ4n) is 6.17. The number of carbonyl (C=O) groups excluding carboxylic acids is 1. The SMILES string of the molecule is CCCCCCCCCCCCCCCCCC(=O)OCC(COP(=O)(O)OCC[N+](C)(C)C)OCC(CCCCCC)CCCCCCC. The predicted molar refractivity (Wildman–Crippen MR) is 210 cm³/mol. The van der Waals surface area contributed by atoms with Gasteiger partial charge in [0.05, 0.1) is 34.4 Å². The van der Waals surface area contributed by atoms with Gasteiger partial charge < -0.3 is 18.9 Å². The molecule has 0 saturated heterocycles. The summed E-state index contributed by atoms with van der Waals surface area (Å²) in [5.74, 6) is 0.167. The highest BCUT2D eigenvalue weighted by Crippen LogP contribution is 2.43. The van der Waals surface area contributed by atoms with Crippen LogP contribution < -0.4 is 0 Å². The van der Waals surface area contributed by atoms with Crippen molar-refractivity contribution >= 4 is 13.8 Å². The molecule has 0 rings (SSSR count). The van der Waals surface area contributed by atoms with Crippen molar-refractivity contribution in [1.82, 2.24) is 0 Å². The van der Waals surface area contributed by atoms with Gasteiger partial charge in [0, 0.05) is 6.42 Å². The van der Waals surface area contributed by atoms with Crippen LogP contribution in [0.5, 0.6) is 0 Å². The van der Waals surface area contributed by atoms with Crippen LogP contribution in [0, 0.1) is 5.92 Å². The molecule has 0 radical (unpaired) electrons. The van der Waals surface area contributed by atoms with Crippen molar-refractivity contribution in [1.29, 1.82) is 0 Å². The zero-order valence-electron chi connectivity index (χ0n) is 34.1. The molecule has 0 aromatic carbocycles. The first kappa shape index (κ1) is 49.5. The van der Waals surface area contributed by atoms with E-state index in [0.717, 1.165) is 32.1 Å². The Labute approximate surface area is 310 Å². The van der Waals surface area contributed by atoms with Gasteiger partial charge in [0.15, 0.2) is 0 Å². The number of unbranched alkanes of at least 4 members (excludes halogenated alkanes) is 21. The minimum Gasteiger partial charge on any atom is -0.463 e. The molecule has 0 saturated carbocycles. The maximum atomic E-state index is 12.6. The second-order valence-corrected chi connectivity index (χ2v) is 17.3. The quantitative estimate of drug-likeness (QED) is 0.0291. The number of rotatable bonds is 39. The van der Waals surface area contributed by atoms with Crippen molar-refractivity contribution in [3.63, 3.8) is 0 Å². The van der Waals surface area contributed by atoms with E-state index in [4.69, 9.17) is 18.5 Å². The number of hydrogen-bond acceptors (Lipinski definition) is 6. The van der Waals surface area contributed by atoms with Crippen LogP contribution in [0.2, 0.25) is 0 Å². The molecule has 0 aliphatic carbocycles. The largest absolute Gasteiger partial charge is 0.472 e. The van der Waals surface area contributed by atoms with Crippen LogP contribution in [-0.4, -0.2) is 75.6 Å². The molecule has 8 nitrogen and oxygen atoms in total. The van der Waals surface area contributed by atoms with Crippen molar-refractivity contribution in [3.05, 3.63) is 0 Å². The first-order valence-corrected chi connectivity index (χ1v) is 22.7. The van der Waals surface area contributed by atoms with Gasteiger partial charge in [-0.05, 0) is 25.2 Å². The molecule has 3 atom stereocenters. The molecule has 1 N–H and O–H groups in total. The van der Waals surface area contributed by atoms with E-state index < -0.39 is 13.9 Å². The third-order valence-corrected chi connectivity index (χ3v) is 10.6. The lowest BCUT2D eigenvalue weighted by Crippen LogP contribution is -2.37. The van der Waals surface area contributed by atoms with Gasteiger partial charge in [0.25, 0.3) is 0 Å². The van der Waals surface area contributed by atoms with E-state index in [1.165, 1.54) is 135 Å². The van der Waals surface area contributed by atoms with Crippen LogP contribution in [0.25, 0.3) is 0 Å². The summed E-state index contributed by atoms with van der Waals surface area (Å²) < 4.78 is 35.7. The third-order valence-electron chi connectivity index (χ3n) is 9.60. The van der Waals surface area contributed by atoms with E-state index in [9.17, 15) is 14.3 Å². The summed E-state index contributed by atoms with van der Waals surface area (Å²) in [5, 5.41) is 0. The predicted octanol–water partition coefficient (Wildman–Crippen LogP) is 12.0. The standard InChI is InChI=1S/C41H84NO7P/c1-7-10-13-16-17-18-19-20-21-22-23-24-25-27-30-33-41(43)47-37-40(38-49-50(44,45)48-35-34-42(4,5)6)46-36-39(31-28-15-12-9-3)32-29-26-14-11-8-2/h39-40H,7-38H2,1-6H3/p+1. The molecule has 0 amide bonds. The maximum absolute atomic E-state index is 12.6. The smallest absolute Gasteiger partial charge is 0.463 e. The number of hydrogen-bond donors (Lipinski definition) is 1. The molecule has 0 bridgehead atoms. The lowest BCUT2D eigenvalue weighted by molar-refractivity contribution is -0.870. The molecular formula is C41H85NO7P+. The number of quaternary nitrogens is 1. The highest BCUT2D eigenvalue weighted by atomic mass is 31.2. The summed E-state index contributed by atoms with van der Waals surface area (Å²) in [4.78, 5) is 22.9. The molecule has 0 aromatic heterocycles. The Kier molecular flexibility index (Phi) is 33.9. The first-order chi connectivity index (χ1) is 24.0. The molecule has 0 heterocycles. The summed E-state index contributed by atoms with van der Waals surface area (Å²) in [6.45, 7) is 7.79. The van der Waals surface area contributed by atoms with Gasteiger partial charge in [0.2, 0.25) is 0 Å². The lowest BCUT2D eigenvalue weighted by Gasteiger charge is -2.25. The average molecular weight is 735 g/mol. The summed E-state index contributed by atoms with van der Waals surface area (Å²) in [7, 11) is 1.72. The van der Waals surface area contributed by atoms with E-state index in [1.807, 2.05) is 21.1 Å². The Morgan fingerprint density at radius 3 is 1.46 bits per heavy atom. The Bertz CT molecular complexity index is 791. The number of phosphoric ester groups is 1. The first-order valence-electron chi connectivity index (χ1n) is 21.2. The number of nitrogens with zero attached hydrogens (tertiary/aromatic N) is 1. The molecular weight excluding hydrogens is 649 g/mol. The molecule has 300 valence electrons. The van der Waals surface area contributed by atoms with Crippen LogP contribution in [0.3, 0.4) is 0 Å². The zero-order valence-corrected chi connectivity index (χ0v) is 35.0. The number of esters is 1. The third kappa shape index (κ3) is 35.9. The average Bonchev–Trinajstić information content (AvgIpc) is 3.06. The van der Waals surface area contributed by atoms with E-state index in [2.05, 4.69) is 20.8 Å². The van der Waals surface area contributed by atoms with Crippen molar-refractivity contribution in [2.24, 2.45) is 5.92 Å². The fourth-order valence-corrected chi connectivity index (χ4v) is 6.91. The van der Waals surface area contributed by atoms with Gasteiger partial charge in [-0.25, -0.2) is 4.57 Å². The molecule has 50 heavy (non-hydrogen) atoms. The van der Waals surface area contributed by atoms with Gasteiger partial charge in [-0.2, -0.15) is 0 Å². The van der Waals surface area contributed by atoms with Gasteiger partial charge >= 0.3 is 13.8 Å². The van der Waals surface area contributed by atoms with Crippen molar-refractivity contribution in [2.75, 3.05) is 54.1 Å². The van der Waals surface area contributed by atoms with Gasteiger partial charge in [-0.15, -0.1) is 0 Å². The summed E-state index contributed by atoms with van der Waals surface area (Å²) in [5.41, 5.74) is 0. The topological polar surface area (TPSA) is 91.3 Å². The highest BCUT2D eigenvalue weighted by molar-refractivity contribution is 7.47. The monoisotopic (exact) mass is 735 g/mol. The van der Waals surface area contributed by atoms with Crippen LogP contribution >= 0.6 is 7.82 Å². The Morgan fingerprint density at radius 1 is 0.580 bits per heavy atom. The molecule has 0 spiro atoms. The minimum absolute atomic E-state index is 0.00943. The molecule has 9 heteroatoms. The minimum atomic E-state index is -4.26. The second kappa shape index (κ2) is 34.3. The Morgan fingerprint density at radius 2 is 1.00 bits per heavy atom. The van der Waals surface area contributed by atoms with Gasteiger partial charge in [0.1, 0.15) is 25.9 Å². The Balaban J connectivity index is 4.65. The molecule has 0 fully saturated rings.